The highest BCUT2D eigenvalue weighted by Crippen LogP contribution is 2.48. The maximum Gasteiger partial charge on any atom is 0.236 e. The van der Waals surface area contributed by atoms with Gasteiger partial charge in [0.25, 0.3) is 0 Å². The van der Waals surface area contributed by atoms with Crippen molar-refractivity contribution >= 4 is 11.8 Å². The minimum Gasteiger partial charge on any atom is -0.394 e. The zero-order chi connectivity index (χ0) is 11.4. The summed E-state index contributed by atoms with van der Waals surface area (Å²) in [5.41, 5.74) is 0. The molecular weight excluding hydrogens is 210 g/mol. The Bertz CT molecular complexity index is 328. The Morgan fingerprint density at radius 3 is 2.25 bits per heavy atom. The van der Waals surface area contributed by atoms with Crippen molar-refractivity contribution < 1.29 is 19.4 Å². The number of rotatable bonds is 2. The van der Waals surface area contributed by atoms with E-state index < -0.39 is 6.04 Å². The van der Waals surface area contributed by atoms with Gasteiger partial charge < -0.3 is 9.84 Å². The van der Waals surface area contributed by atoms with Crippen molar-refractivity contribution in [2.75, 3.05) is 6.61 Å². The highest BCUT2D eigenvalue weighted by Gasteiger charge is 2.62. The fraction of sp³-hybridized carbons (Fsp3) is 0.818. The fourth-order valence-electron chi connectivity index (χ4n) is 3.25. The molecule has 88 valence electrons. The summed E-state index contributed by atoms with van der Waals surface area (Å²) in [7, 11) is 0. The van der Waals surface area contributed by atoms with Crippen LogP contribution in [0.4, 0.5) is 0 Å². The standard InChI is InChI=1S/C11H15NO4/c1-5(4-13)12-10(14)8-6-2-3-7(16-6)9(8)11(12)15/h5-9,13H,2-4H2,1H3/t5?,6-,7-,8?,9?/m1/s1. The second-order valence-corrected chi connectivity index (χ2v) is 4.92. The summed E-state index contributed by atoms with van der Waals surface area (Å²) < 4.78 is 5.61. The third kappa shape index (κ3) is 1.07. The number of likely N-dealkylation sites (tertiary alicyclic amines) is 1. The molecule has 5 atom stereocenters. The summed E-state index contributed by atoms with van der Waals surface area (Å²) in [5.74, 6) is -0.854. The number of amides is 2. The molecule has 0 radical (unpaired) electrons. The molecule has 0 aromatic carbocycles. The average molecular weight is 225 g/mol. The largest absolute Gasteiger partial charge is 0.394 e. The van der Waals surface area contributed by atoms with E-state index >= 15 is 0 Å². The number of carbonyl (C=O) groups excluding carboxylic acids is 2. The molecule has 3 aliphatic rings. The Kier molecular flexibility index (Phi) is 2.09. The first-order chi connectivity index (χ1) is 7.65. The lowest BCUT2D eigenvalue weighted by Gasteiger charge is -2.22. The fourth-order valence-corrected chi connectivity index (χ4v) is 3.25. The zero-order valence-corrected chi connectivity index (χ0v) is 9.13. The molecule has 0 spiro atoms. The van der Waals surface area contributed by atoms with Crippen LogP contribution in [0.1, 0.15) is 19.8 Å². The van der Waals surface area contributed by atoms with Crippen LogP contribution in [-0.4, -0.2) is 46.7 Å². The SMILES string of the molecule is CC(CO)N1C(=O)C2C(C1=O)[C@H]1CC[C@H]2O1. The third-order valence-corrected chi connectivity index (χ3v) is 4.02. The number of carbonyl (C=O) groups is 2. The summed E-state index contributed by atoms with van der Waals surface area (Å²) in [6.07, 6.45) is 1.63. The summed E-state index contributed by atoms with van der Waals surface area (Å²) in [6.45, 7) is 1.52. The van der Waals surface area contributed by atoms with Gasteiger partial charge in [-0.3, -0.25) is 14.5 Å². The molecule has 16 heavy (non-hydrogen) atoms. The number of aliphatic hydroxyl groups is 1. The summed E-state index contributed by atoms with van der Waals surface area (Å²) in [5, 5.41) is 9.06. The lowest BCUT2D eigenvalue weighted by atomic mass is 9.81. The zero-order valence-electron chi connectivity index (χ0n) is 9.13. The molecule has 3 rings (SSSR count). The van der Waals surface area contributed by atoms with Gasteiger partial charge in [-0.2, -0.15) is 0 Å². The van der Waals surface area contributed by atoms with Gasteiger partial charge in [0.2, 0.25) is 11.8 Å². The van der Waals surface area contributed by atoms with Gasteiger partial charge in [0.1, 0.15) is 0 Å². The second-order valence-electron chi connectivity index (χ2n) is 4.92. The van der Waals surface area contributed by atoms with Crippen LogP contribution in [-0.2, 0) is 14.3 Å². The monoisotopic (exact) mass is 225 g/mol. The number of nitrogens with zero attached hydrogens (tertiary/aromatic N) is 1. The Labute approximate surface area is 93.4 Å². The highest BCUT2D eigenvalue weighted by molar-refractivity contribution is 6.06. The van der Waals surface area contributed by atoms with E-state index in [0.29, 0.717) is 0 Å². The number of hydrogen-bond donors (Lipinski definition) is 1. The van der Waals surface area contributed by atoms with Crippen molar-refractivity contribution in [3.05, 3.63) is 0 Å². The van der Waals surface area contributed by atoms with E-state index in [2.05, 4.69) is 0 Å². The van der Waals surface area contributed by atoms with E-state index in [9.17, 15) is 9.59 Å². The maximum absolute atomic E-state index is 12.1. The Hall–Kier alpha value is -0.940. The van der Waals surface area contributed by atoms with Crippen molar-refractivity contribution in [2.45, 2.75) is 38.0 Å². The first kappa shape index (κ1) is 10.2. The normalized spacial score (nSPS) is 43.0. The molecule has 5 nitrogen and oxygen atoms in total. The Morgan fingerprint density at radius 2 is 1.81 bits per heavy atom. The molecule has 3 fully saturated rings. The molecule has 0 aliphatic carbocycles. The smallest absolute Gasteiger partial charge is 0.236 e. The lowest BCUT2D eigenvalue weighted by molar-refractivity contribution is -0.145. The van der Waals surface area contributed by atoms with E-state index in [1.54, 1.807) is 6.92 Å². The molecule has 2 bridgehead atoms. The number of hydrogen-bond acceptors (Lipinski definition) is 4. The van der Waals surface area contributed by atoms with Crippen molar-refractivity contribution in [3.8, 4) is 0 Å². The topological polar surface area (TPSA) is 66.8 Å². The van der Waals surface area contributed by atoms with Gasteiger partial charge in [0.15, 0.2) is 0 Å². The molecule has 0 aromatic rings. The van der Waals surface area contributed by atoms with Crippen LogP contribution in [0, 0.1) is 11.8 Å². The van der Waals surface area contributed by atoms with Crippen LogP contribution in [0.2, 0.25) is 0 Å². The maximum atomic E-state index is 12.1. The van der Waals surface area contributed by atoms with Crippen LogP contribution < -0.4 is 0 Å². The van der Waals surface area contributed by atoms with Gasteiger partial charge in [-0.05, 0) is 19.8 Å². The second kappa shape index (κ2) is 3.28. The molecule has 3 unspecified atom stereocenters. The van der Waals surface area contributed by atoms with E-state index in [1.807, 2.05) is 0 Å². The number of aliphatic hydroxyl groups excluding tert-OH is 1. The Balaban J connectivity index is 1.92. The summed E-state index contributed by atoms with van der Waals surface area (Å²) in [4.78, 5) is 25.4. The van der Waals surface area contributed by atoms with Crippen molar-refractivity contribution in [2.24, 2.45) is 11.8 Å². The molecule has 2 amide bonds. The quantitative estimate of drug-likeness (QED) is 0.645. The molecule has 1 N–H and O–H groups in total. The summed E-state index contributed by atoms with van der Waals surface area (Å²) >= 11 is 0. The third-order valence-electron chi connectivity index (χ3n) is 4.02. The summed E-state index contributed by atoms with van der Waals surface area (Å²) in [6, 6.07) is -0.412. The molecule has 5 heteroatoms. The minimum absolute atomic E-state index is 0.0673. The van der Waals surface area contributed by atoms with Crippen molar-refractivity contribution in [3.63, 3.8) is 0 Å². The lowest BCUT2D eigenvalue weighted by Crippen LogP contribution is -2.42. The van der Waals surface area contributed by atoms with Crippen LogP contribution in [0.25, 0.3) is 0 Å². The van der Waals surface area contributed by atoms with E-state index in [1.165, 1.54) is 4.90 Å². The molecule has 3 saturated heterocycles. The van der Waals surface area contributed by atoms with Gasteiger partial charge in [0.05, 0.1) is 36.7 Å². The molecule has 0 saturated carbocycles. The number of imide groups is 1. The van der Waals surface area contributed by atoms with Gasteiger partial charge in [-0.25, -0.2) is 0 Å². The predicted molar refractivity (Wildman–Crippen MR) is 53.3 cm³/mol. The van der Waals surface area contributed by atoms with E-state index in [0.717, 1.165) is 12.8 Å². The van der Waals surface area contributed by atoms with Gasteiger partial charge in [-0.1, -0.05) is 0 Å². The molecular formula is C11H15NO4. The van der Waals surface area contributed by atoms with E-state index in [4.69, 9.17) is 9.84 Å². The van der Waals surface area contributed by atoms with Gasteiger partial charge in [-0.15, -0.1) is 0 Å². The van der Waals surface area contributed by atoms with Crippen LogP contribution in [0.3, 0.4) is 0 Å². The molecule has 0 aromatic heterocycles. The predicted octanol–water partition coefficient (Wildman–Crippen LogP) is -0.470. The highest BCUT2D eigenvalue weighted by atomic mass is 16.5. The average Bonchev–Trinajstić information content (AvgIpc) is 2.92. The van der Waals surface area contributed by atoms with Crippen molar-refractivity contribution in [1.29, 1.82) is 0 Å². The number of ether oxygens (including phenoxy) is 1. The first-order valence-electron chi connectivity index (χ1n) is 5.78. The van der Waals surface area contributed by atoms with Crippen LogP contribution in [0.15, 0.2) is 0 Å². The van der Waals surface area contributed by atoms with Crippen molar-refractivity contribution in [1.82, 2.24) is 4.90 Å². The molecule has 3 aliphatic heterocycles. The van der Waals surface area contributed by atoms with Gasteiger partial charge >= 0.3 is 0 Å². The first-order valence-corrected chi connectivity index (χ1v) is 5.78. The van der Waals surface area contributed by atoms with E-state index in [-0.39, 0.29) is 42.5 Å². The van der Waals surface area contributed by atoms with Crippen LogP contribution in [0.5, 0.6) is 0 Å². The number of fused-ring (bicyclic) bond motifs is 5. The molecule has 3 heterocycles. The van der Waals surface area contributed by atoms with Gasteiger partial charge in [0, 0.05) is 0 Å². The minimum atomic E-state index is -0.412. The Morgan fingerprint density at radius 1 is 1.31 bits per heavy atom. The van der Waals surface area contributed by atoms with Crippen LogP contribution >= 0.6 is 0 Å².